The second kappa shape index (κ2) is 7.41. The number of urea groups is 1. The van der Waals surface area contributed by atoms with E-state index < -0.39 is 0 Å². The van der Waals surface area contributed by atoms with Crippen molar-refractivity contribution in [2.45, 2.75) is 56.4 Å². The molecule has 124 valence electrons. The molecule has 2 fully saturated rings. The van der Waals surface area contributed by atoms with Crippen molar-refractivity contribution in [3.8, 4) is 0 Å². The number of nitrogens with one attached hydrogen (secondary N) is 1. The molecule has 1 aliphatic carbocycles. The molecule has 6 heteroatoms. The molecule has 1 saturated carbocycles. The third kappa shape index (κ3) is 3.83. The summed E-state index contributed by atoms with van der Waals surface area (Å²) >= 11 is 13.0. The average molecular weight is 369 g/mol. The summed E-state index contributed by atoms with van der Waals surface area (Å²) in [5.41, 5.74) is 1.15. The zero-order chi connectivity index (χ0) is 16.4. The van der Waals surface area contributed by atoms with E-state index in [9.17, 15) is 4.79 Å². The fraction of sp³-hybridized carbons (Fsp3) is 0.529. The highest BCUT2D eigenvalue weighted by Gasteiger charge is 2.40. The summed E-state index contributed by atoms with van der Waals surface area (Å²) in [7, 11) is 0. The molecule has 0 radical (unpaired) electrons. The number of carbonyl (C=O) groups excluding carboxylic acids is 1. The molecule has 1 aliphatic heterocycles. The zero-order valence-corrected chi connectivity index (χ0v) is 15.5. The first-order valence-corrected chi connectivity index (χ1v) is 9.78. The molecule has 1 heterocycles. The maximum absolute atomic E-state index is 12.7. The lowest BCUT2D eigenvalue weighted by atomic mass is 9.96. The maximum atomic E-state index is 12.7. The highest BCUT2D eigenvalue weighted by Crippen LogP contribution is 2.43. The molecule has 1 aromatic carbocycles. The van der Waals surface area contributed by atoms with Crippen molar-refractivity contribution in [1.82, 2.24) is 10.2 Å². The predicted octanol–water partition coefficient (Wildman–Crippen LogP) is 5.15. The van der Waals surface area contributed by atoms with E-state index in [1.807, 2.05) is 24.3 Å². The number of rotatable bonds is 2. The number of hydrogen-bond acceptors (Lipinski definition) is 3. The van der Waals surface area contributed by atoms with Crippen LogP contribution < -0.4 is 5.32 Å². The van der Waals surface area contributed by atoms with Crippen LogP contribution in [0.1, 0.15) is 49.8 Å². The topological polar surface area (TPSA) is 32.3 Å². The van der Waals surface area contributed by atoms with Gasteiger partial charge in [-0.1, -0.05) is 67.0 Å². The number of thiocarbonyl (C=S) groups is 1. The highest BCUT2D eigenvalue weighted by atomic mass is 35.5. The number of carbonyl (C=O) groups is 1. The van der Waals surface area contributed by atoms with Gasteiger partial charge in [-0.3, -0.25) is 4.90 Å². The van der Waals surface area contributed by atoms with Crippen LogP contribution in [0, 0.1) is 0 Å². The monoisotopic (exact) mass is 368 g/mol. The Labute approximate surface area is 152 Å². The minimum Gasteiger partial charge on any atom is -0.335 e. The van der Waals surface area contributed by atoms with Crippen molar-refractivity contribution in [1.29, 1.82) is 0 Å². The van der Waals surface area contributed by atoms with Crippen molar-refractivity contribution < 1.29 is 4.79 Å². The highest BCUT2D eigenvalue weighted by molar-refractivity contribution is 8.23. The molecular formula is C17H21ClN2OS2. The average Bonchev–Trinajstić information content (AvgIpc) is 2.84. The van der Waals surface area contributed by atoms with Crippen LogP contribution in [0.2, 0.25) is 5.02 Å². The van der Waals surface area contributed by atoms with Gasteiger partial charge in [-0.15, -0.1) is 0 Å². The van der Waals surface area contributed by atoms with E-state index in [2.05, 4.69) is 12.2 Å². The smallest absolute Gasteiger partial charge is 0.323 e. The van der Waals surface area contributed by atoms with Crippen LogP contribution in [0.25, 0.3) is 0 Å². The summed E-state index contributed by atoms with van der Waals surface area (Å²) < 4.78 is 0.658. The Kier molecular flexibility index (Phi) is 5.49. The second-order valence-corrected chi connectivity index (χ2v) is 8.46. The van der Waals surface area contributed by atoms with E-state index in [1.165, 1.54) is 19.3 Å². The van der Waals surface area contributed by atoms with Crippen molar-refractivity contribution in [3.63, 3.8) is 0 Å². The van der Waals surface area contributed by atoms with Crippen LogP contribution in [0.15, 0.2) is 24.3 Å². The number of thioether (sulfide) groups is 1. The van der Waals surface area contributed by atoms with E-state index in [0.717, 1.165) is 23.4 Å². The minimum atomic E-state index is -0.0432. The molecule has 2 atom stereocenters. The maximum Gasteiger partial charge on any atom is 0.323 e. The van der Waals surface area contributed by atoms with E-state index in [4.69, 9.17) is 23.8 Å². The molecule has 2 amide bonds. The van der Waals surface area contributed by atoms with Gasteiger partial charge in [-0.25, -0.2) is 4.79 Å². The Morgan fingerprint density at radius 3 is 2.57 bits per heavy atom. The Bertz CT molecular complexity index is 587. The third-order valence-electron chi connectivity index (χ3n) is 4.62. The standard InChI is InChI=1S/C17H21ClN2OS2/c1-11-15(12-7-9-13(18)10-8-12)23-17(22)20(11)16(21)19-14-5-3-2-4-6-14/h7-11,14-15H,2-6H2,1H3,(H,19,21)/t11-,15+/m0/s1. The lowest BCUT2D eigenvalue weighted by Crippen LogP contribution is -2.48. The molecule has 0 spiro atoms. The summed E-state index contributed by atoms with van der Waals surface area (Å²) in [6.07, 6.45) is 5.84. The number of halogens is 1. The van der Waals surface area contributed by atoms with E-state index in [1.54, 1.807) is 16.7 Å². The molecule has 0 unspecified atom stereocenters. The first-order valence-electron chi connectivity index (χ1n) is 8.12. The number of hydrogen-bond donors (Lipinski definition) is 1. The van der Waals surface area contributed by atoms with Crippen molar-refractivity contribution in [2.75, 3.05) is 0 Å². The normalized spacial score (nSPS) is 25.7. The zero-order valence-electron chi connectivity index (χ0n) is 13.1. The molecule has 23 heavy (non-hydrogen) atoms. The Morgan fingerprint density at radius 1 is 1.26 bits per heavy atom. The number of benzene rings is 1. The largest absolute Gasteiger partial charge is 0.335 e. The van der Waals surface area contributed by atoms with Crippen molar-refractivity contribution >= 4 is 45.9 Å². The van der Waals surface area contributed by atoms with Gasteiger partial charge in [0.15, 0.2) is 0 Å². The SMILES string of the molecule is C[C@H]1[C@H](c2ccc(Cl)cc2)SC(=S)N1C(=O)NC1CCCCC1. The fourth-order valence-corrected chi connectivity index (χ4v) is 5.20. The summed E-state index contributed by atoms with van der Waals surface area (Å²) in [5.74, 6) is 0. The Morgan fingerprint density at radius 2 is 1.91 bits per heavy atom. The summed E-state index contributed by atoms with van der Waals surface area (Å²) in [4.78, 5) is 14.4. The fourth-order valence-electron chi connectivity index (χ4n) is 3.32. The van der Waals surface area contributed by atoms with Crippen molar-refractivity contribution in [2.24, 2.45) is 0 Å². The Balaban J connectivity index is 1.69. The molecule has 2 aliphatic rings. The molecule has 1 N–H and O–H groups in total. The molecule has 3 rings (SSSR count). The van der Waals surface area contributed by atoms with E-state index in [0.29, 0.717) is 10.4 Å². The van der Waals surface area contributed by atoms with Gasteiger partial charge in [0.2, 0.25) is 0 Å². The van der Waals surface area contributed by atoms with Crippen LogP contribution in [0.5, 0.6) is 0 Å². The molecule has 0 bridgehead atoms. The van der Waals surface area contributed by atoms with Gasteiger partial charge in [-0.05, 0) is 37.5 Å². The molecule has 1 aromatic rings. The van der Waals surface area contributed by atoms with Gasteiger partial charge < -0.3 is 5.32 Å². The molecular weight excluding hydrogens is 348 g/mol. The van der Waals surface area contributed by atoms with Gasteiger partial charge in [0.1, 0.15) is 4.32 Å². The van der Waals surface area contributed by atoms with Crippen molar-refractivity contribution in [3.05, 3.63) is 34.9 Å². The van der Waals surface area contributed by atoms with Gasteiger partial charge in [-0.2, -0.15) is 0 Å². The summed E-state index contributed by atoms with van der Waals surface area (Å²) in [6, 6.07) is 8.10. The van der Waals surface area contributed by atoms with Crippen LogP contribution in [-0.4, -0.2) is 27.3 Å². The first-order chi connectivity index (χ1) is 11.1. The van der Waals surface area contributed by atoms with Gasteiger partial charge in [0.25, 0.3) is 0 Å². The van der Waals surface area contributed by atoms with Gasteiger partial charge in [0.05, 0.1) is 11.3 Å². The van der Waals surface area contributed by atoms with E-state index in [-0.39, 0.29) is 17.3 Å². The molecule has 0 aromatic heterocycles. The summed E-state index contributed by atoms with van der Waals surface area (Å²) in [6.45, 7) is 2.06. The first kappa shape index (κ1) is 17.1. The van der Waals surface area contributed by atoms with Crippen LogP contribution >= 0.6 is 35.6 Å². The predicted molar refractivity (Wildman–Crippen MR) is 101 cm³/mol. The van der Waals surface area contributed by atoms with Gasteiger partial charge >= 0.3 is 6.03 Å². The van der Waals surface area contributed by atoms with Crippen LogP contribution in [0.4, 0.5) is 4.79 Å². The van der Waals surface area contributed by atoms with Crippen LogP contribution in [0.3, 0.4) is 0 Å². The second-order valence-electron chi connectivity index (χ2n) is 6.25. The lowest BCUT2D eigenvalue weighted by Gasteiger charge is -2.28. The molecule has 1 saturated heterocycles. The van der Waals surface area contributed by atoms with Gasteiger partial charge in [0, 0.05) is 11.1 Å². The Hall–Kier alpha value is -0.780. The van der Waals surface area contributed by atoms with Crippen LogP contribution in [-0.2, 0) is 0 Å². The lowest BCUT2D eigenvalue weighted by molar-refractivity contribution is 0.205. The number of nitrogens with zero attached hydrogens (tertiary/aromatic N) is 1. The minimum absolute atomic E-state index is 0.0391. The van der Waals surface area contributed by atoms with E-state index >= 15 is 0 Å². The summed E-state index contributed by atoms with van der Waals surface area (Å²) in [5, 5.41) is 4.05. The quantitative estimate of drug-likeness (QED) is 0.733. The number of amides is 2. The third-order valence-corrected chi connectivity index (χ3v) is 6.68. The molecule has 3 nitrogen and oxygen atoms in total.